The Hall–Kier alpha value is 0.430. The van der Waals surface area contributed by atoms with E-state index in [0.29, 0.717) is 0 Å². The van der Waals surface area contributed by atoms with E-state index < -0.39 is 0 Å². The van der Waals surface area contributed by atoms with E-state index in [-0.39, 0.29) is 0 Å². The Morgan fingerprint density at radius 3 is 2.44 bits per heavy atom. The number of rotatable bonds is 3. The fourth-order valence-electron chi connectivity index (χ4n) is 4.38. The van der Waals surface area contributed by atoms with Crippen molar-refractivity contribution in [2.75, 3.05) is 6.16 Å². The standard InChI is InChI=1S/C15H27P/c1-10(2)15-13-7-6-12(13)9-16-14(15)8-11-4-3-5-11/h10-16H,3-9H2,1-2H3. The maximum atomic E-state index is 2.49. The smallest absolute Gasteiger partial charge is 0.0200 e. The van der Waals surface area contributed by atoms with Crippen molar-refractivity contribution in [2.45, 2.75) is 58.0 Å². The number of hydrogen-bond donors (Lipinski definition) is 0. The third-order valence-electron chi connectivity index (χ3n) is 5.66. The van der Waals surface area contributed by atoms with Gasteiger partial charge in [0.05, 0.1) is 0 Å². The summed E-state index contributed by atoms with van der Waals surface area (Å²) < 4.78 is 0. The molecule has 0 amide bonds. The van der Waals surface area contributed by atoms with Crippen molar-refractivity contribution in [3.05, 3.63) is 0 Å². The van der Waals surface area contributed by atoms with Gasteiger partial charge in [-0.1, -0.05) is 33.1 Å². The lowest BCUT2D eigenvalue weighted by molar-refractivity contribution is 0.0693. The van der Waals surface area contributed by atoms with E-state index in [2.05, 4.69) is 13.8 Å². The van der Waals surface area contributed by atoms with Crippen LogP contribution in [-0.2, 0) is 0 Å². The highest BCUT2D eigenvalue weighted by Gasteiger charge is 2.45. The van der Waals surface area contributed by atoms with Crippen LogP contribution in [-0.4, -0.2) is 11.8 Å². The molecule has 0 N–H and O–H groups in total. The molecule has 5 unspecified atom stereocenters. The second-order valence-corrected chi connectivity index (χ2v) is 8.43. The fourth-order valence-corrected chi connectivity index (χ4v) is 6.90. The van der Waals surface area contributed by atoms with Crippen LogP contribution < -0.4 is 0 Å². The van der Waals surface area contributed by atoms with Crippen LogP contribution in [0.15, 0.2) is 0 Å². The molecule has 3 aliphatic rings. The molecule has 2 aliphatic carbocycles. The zero-order valence-corrected chi connectivity index (χ0v) is 11.9. The van der Waals surface area contributed by atoms with E-state index in [4.69, 9.17) is 0 Å². The van der Waals surface area contributed by atoms with Crippen LogP contribution in [0.1, 0.15) is 52.4 Å². The van der Waals surface area contributed by atoms with Crippen molar-refractivity contribution in [3.8, 4) is 0 Å². The summed E-state index contributed by atoms with van der Waals surface area (Å²) in [6.45, 7) is 4.98. The molecule has 5 atom stereocenters. The van der Waals surface area contributed by atoms with Gasteiger partial charge in [0.2, 0.25) is 0 Å². The lowest BCUT2D eigenvalue weighted by atomic mass is 9.62. The Bertz CT molecular complexity index is 244. The molecule has 92 valence electrons. The van der Waals surface area contributed by atoms with Gasteiger partial charge in [0, 0.05) is 0 Å². The van der Waals surface area contributed by atoms with Crippen molar-refractivity contribution in [3.63, 3.8) is 0 Å². The zero-order valence-electron chi connectivity index (χ0n) is 10.9. The summed E-state index contributed by atoms with van der Waals surface area (Å²) in [7, 11) is 1.31. The van der Waals surface area contributed by atoms with Crippen LogP contribution in [0.2, 0.25) is 0 Å². The first-order valence-electron chi connectivity index (χ1n) is 7.49. The van der Waals surface area contributed by atoms with Gasteiger partial charge in [-0.2, -0.15) is 0 Å². The highest BCUT2D eigenvalue weighted by atomic mass is 31.1. The minimum atomic E-state index is 0.950. The molecular formula is C15H27P. The number of hydrogen-bond acceptors (Lipinski definition) is 0. The third-order valence-corrected chi connectivity index (χ3v) is 7.56. The maximum absolute atomic E-state index is 2.49. The largest absolute Gasteiger partial charge is 0.118 e. The van der Waals surface area contributed by atoms with E-state index in [1.807, 2.05) is 0 Å². The van der Waals surface area contributed by atoms with Crippen LogP contribution in [0.3, 0.4) is 0 Å². The Kier molecular flexibility index (Phi) is 3.31. The van der Waals surface area contributed by atoms with Crippen LogP contribution >= 0.6 is 8.58 Å². The molecule has 1 heteroatoms. The fraction of sp³-hybridized carbons (Fsp3) is 1.00. The van der Waals surface area contributed by atoms with E-state index in [1.54, 1.807) is 38.3 Å². The van der Waals surface area contributed by atoms with Crippen molar-refractivity contribution < 1.29 is 0 Å². The molecule has 0 nitrogen and oxygen atoms in total. The van der Waals surface area contributed by atoms with Crippen molar-refractivity contribution in [2.24, 2.45) is 29.6 Å². The van der Waals surface area contributed by atoms with Crippen LogP contribution in [0.4, 0.5) is 0 Å². The van der Waals surface area contributed by atoms with Crippen molar-refractivity contribution in [1.82, 2.24) is 0 Å². The molecule has 1 aliphatic heterocycles. The van der Waals surface area contributed by atoms with Gasteiger partial charge in [-0.25, -0.2) is 0 Å². The Labute approximate surface area is 103 Å². The van der Waals surface area contributed by atoms with Gasteiger partial charge in [-0.3, -0.25) is 0 Å². The van der Waals surface area contributed by atoms with E-state index in [1.165, 1.54) is 15.0 Å². The first-order chi connectivity index (χ1) is 7.75. The van der Waals surface area contributed by atoms with Gasteiger partial charge in [-0.15, -0.1) is 8.58 Å². The van der Waals surface area contributed by atoms with Gasteiger partial charge in [0.25, 0.3) is 0 Å². The molecule has 0 bridgehead atoms. The second kappa shape index (κ2) is 4.60. The minimum absolute atomic E-state index is 0.950. The quantitative estimate of drug-likeness (QED) is 0.633. The highest BCUT2D eigenvalue weighted by Crippen LogP contribution is 2.56. The number of fused-ring (bicyclic) bond motifs is 1. The lowest BCUT2D eigenvalue weighted by Gasteiger charge is -2.52. The summed E-state index contributed by atoms with van der Waals surface area (Å²) >= 11 is 0. The van der Waals surface area contributed by atoms with Crippen LogP contribution in [0, 0.1) is 29.6 Å². The van der Waals surface area contributed by atoms with Gasteiger partial charge in [-0.05, 0) is 60.7 Å². The van der Waals surface area contributed by atoms with Crippen molar-refractivity contribution in [1.29, 1.82) is 0 Å². The topological polar surface area (TPSA) is 0 Å². The molecule has 0 spiro atoms. The van der Waals surface area contributed by atoms with Crippen LogP contribution in [0.25, 0.3) is 0 Å². The second-order valence-electron chi connectivity index (χ2n) is 6.87. The van der Waals surface area contributed by atoms with Gasteiger partial charge >= 0.3 is 0 Å². The molecule has 0 radical (unpaired) electrons. The minimum Gasteiger partial charge on any atom is -0.118 e. The van der Waals surface area contributed by atoms with Crippen molar-refractivity contribution >= 4 is 8.58 Å². The van der Waals surface area contributed by atoms with Gasteiger partial charge in [0.15, 0.2) is 0 Å². The van der Waals surface area contributed by atoms with Gasteiger partial charge in [0.1, 0.15) is 0 Å². The summed E-state index contributed by atoms with van der Waals surface area (Å²) in [6.07, 6.45) is 11.0. The first-order valence-corrected chi connectivity index (χ1v) is 8.77. The van der Waals surface area contributed by atoms with Gasteiger partial charge < -0.3 is 0 Å². The Morgan fingerprint density at radius 1 is 1.12 bits per heavy atom. The summed E-state index contributed by atoms with van der Waals surface area (Å²) in [6, 6.07) is 0. The molecule has 3 fully saturated rings. The molecule has 0 aromatic rings. The van der Waals surface area contributed by atoms with Crippen LogP contribution in [0.5, 0.6) is 0 Å². The third kappa shape index (κ3) is 1.96. The molecule has 1 heterocycles. The average molecular weight is 238 g/mol. The highest BCUT2D eigenvalue weighted by molar-refractivity contribution is 7.39. The average Bonchev–Trinajstić information content (AvgIpc) is 2.13. The Morgan fingerprint density at radius 2 is 1.94 bits per heavy atom. The molecular weight excluding hydrogens is 211 g/mol. The van der Waals surface area contributed by atoms with E-state index >= 15 is 0 Å². The monoisotopic (exact) mass is 238 g/mol. The zero-order chi connectivity index (χ0) is 11.1. The molecule has 3 rings (SSSR count). The van der Waals surface area contributed by atoms with E-state index in [9.17, 15) is 0 Å². The maximum Gasteiger partial charge on any atom is -0.0200 e. The molecule has 2 saturated carbocycles. The summed E-state index contributed by atoms with van der Waals surface area (Å²) in [5.41, 5.74) is 1.13. The predicted molar refractivity (Wildman–Crippen MR) is 73.5 cm³/mol. The Balaban J connectivity index is 1.65. The van der Waals surface area contributed by atoms with E-state index in [0.717, 1.165) is 35.2 Å². The summed E-state index contributed by atoms with van der Waals surface area (Å²) in [5, 5.41) is 0. The molecule has 0 aromatic heterocycles. The summed E-state index contributed by atoms with van der Waals surface area (Å²) in [5.74, 6) is 5.49. The molecule has 16 heavy (non-hydrogen) atoms. The lowest BCUT2D eigenvalue weighted by Crippen LogP contribution is -2.45. The predicted octanol–water partition coefficient (Wildman–Crippen LogP) is 4.54. The first kappa shape index (κ1) is 11.5. The molecule has 1 saturated heterocycles. The summed E-state index contributed by atoms with van der Waals surface area (Å²) in [4.78, 5) is 0. The normalized spacial score (nSPS) is 45.2. The molecule has 0 aromatic carbocycles. The SMILES string of the molecule is CC(C)C1C(CC2CCC2)PCC2CCC21.